The Morgan fingerprint density at radius 2 is 1.93 bits per heavy atom. The second kappa shape index (κ2) is 7.31. The Balaban J connectivity index is 1.84. The van der Waals surface area contributed by atoms with Crippen molar-refractivity contribution in [3.05, 3.63) is 65.4 Å². The number of para-hydroxylation sites is 2. The molecule has 0 radical (unpaired) electrons. The van der Waals surface area contributed by atoms with E-state index in [0.29, 0.717) is 17.3 Å². The van der Waals surface area contributed by atoms with Crippen LogP contribution in [-0.2, 0) is 9.59 Å². The van der Waals surface area contributed by atoms with Gasteiger partial charge in [-0.15, -0.1) is 0 Å². The van der Waals surface area contributed by atoms with Crippen LogP contribution in [0.3, 0.4) is 0 Å². The van der Waals surface area contributed by atoms with Crippen LogP contribution in [0.1, 0.15) is 18.5 Å². The summed E-state index contributed by atoms with van der Waals surface area (Å²) in [6.07, 6.45) is 0. The highest BCUT2D eigenvalue weighted by Gasteiger charge is 2.33. The number of likely N-dealkylation sites (N-methyl/N-ethyl adjacent to an activating group) is 1. The largest absolute Gasteiger partial charge is 0.484 e. The first kappa shape index (κ1) is 18.5. The average molecular weight is 391 g/mol. The number of fused-ring (bicyclic) bond motifs is 3. The molecular weight excluding hydrogens is 370 g/mol. The van der Waals surface area contributed by atoms with E-state index >= 15 is 0 Å². The molecule has 2 heterocycles. The Labute approximate surface area is 167 Å². The van der Waals surface area contributed by atoms with Crippen LogP contribution in [-0.4, -0.2) is 35.0 Å². The molecule has 29 heavy (non-hydrogen) atoms. The molecule has 148 valence electrons. The number of nitrogens with zero attached hydrogens (tertiary/aromatic N) is 2. The van der Waals surface area contributed by atoms with Crippen LogP contribution < -0.4 is 21.1 Å². The maximum atomic E-state index is 12.8. The third-order valence-corrected chi connectivity index (χ3v) is 4.88. The van der Waals surface area contributed by atoms with Crippen LogP contribution >= 0.6 is 0 Å². The Morgan fingerprint density at radius 3 is 2.62 bits per heavy atom. The SMILES string of the molecule is CNC(=O)C1=C(C)Nc2nc3ccccc3n2[C@H]1c1ccc(OCC(N)=O)cc1. The number of carbonyl (C=O) groups is 2. The third-order valence-electron chi connectivity index (χ3n) is 4.88. The smallest absolute Gasteiger partial charge is 0.255 e. The number of allylic oxidation sites excluding steroid dienone is 1. The number of ether oxygens (including phenoxy) is 1. The molecule has 8 nitrogen and oxygen atoms in total. The fourth-order valence-electron chi connectivity index (χ4n) is 3.61. The molecule has 0 aliphatic carbocycles. The number of nitrogens with one attached hydrogen (secondary N) is 2. The normalized spacial score (nSPS) is 15.6. The Hall–Kier alpha value is -3.81. The minimum absolute atomic E-state index is 0.169. The minimum Gasteiger partial charge on any atom is -0.484 e. The van der Waals surface area contributed by atoms with Gasteiger partial charge in [0.15, 0.2) is 6.61 Å². The lowest BCUT2D eigenvalue weighted by molar-refractivity contribution is -0.120. The Morgan fingerprint density at radius 1 is 1.21 bits per heavy atom. The summed E-state index contributed by atoms with van der Waals surface area (Å²) in [5.74, 6) is 0.495. The van der Waals surface area contributed by atoms with E-state index in [0.717, 1.165) is 22.3 Å². The molecular formula is C21H21N5O3. The lowest BCUT2D eigenvalue weighted by Crippen LogP contribution is -2.33. The van der Waals surface area contributed by atoms with E-state index in [1.165, 1.54) is 0 Å². The summed E-state index contributed by atoms with van der Waals surface area (Å²) < 4.78 is 7.37. The molecule has 1 aromatic heterocycles. The van der Waals surface area contributed by atoms with Crippen LogP contribution in [0, 0.1) is 0 Å². The predicted octanol–water partition coefficient (Wildman–Crippen LogP) is 1.94. The van der Waals surface area contributed by atoms with Gasteiger partial charge in [-0.2, -0.15) is 0 Å². The van der Waals surface area contributed by atoms with Gasteiger partial charge in [-0.3, -0.25) is 14.2 Å². The maximum Gasteiger partial charge on any atom is 0.255 e. The van der Waals surface area contributed by atoms with E-state index in [2.05, 4.69) is 15.6 Å². The molecule has 2 aromatic carbocycles. The number of imidazole rings is 1. The standard InChI is InChI=1S/C21H21N5O3/c1-12-18(20(28)23-2)19(13-7-9-14(10-8-13)29-11-17(22)27)26-16-6-4-3-5-15(16)25-21(26)24-12/h3-10,19H,11H2,1-2H3,(H2,22,27)(H,23,28)(H,24,25)/t19-/m0/s1. The van der Waals surface area contributed by atoms with Gasteiger partial charge in [-0.25, -0.2) is 4.98 Å². The predicted molar refractivity (Wildman–Crippen MR) is 109 cm³/mol. The highest BCUT2D eigenvalue weighted by Crippen LogP contribution is 2.39. The third kappa shape index (κ3) is 3.29. The van der Waals surface area contributed by atoms with E-state index in [1.807, 2.05) is 47.9 Å². The van der Waals surface area contributed by atoms with Crippen molar-refractivity contribution in [2.45, 2.75) is 13.0 Å². The number of hydrogen-bond acceptors (Lipinski definition) is 5. The molecule has 0 spiro atoms. The minimum atomic E-state index is -0.539. The zero-order chi connectivity index (χ0) is 20.5. The van der Waals surface area contributed by atoms with Crippen molar-refractivity contribution in [3.8, 4) is 5.75 Å². The van der Waals surface area contributed by atoms with E-state index in [4.69, 9.17) is 10.5 Å². The van der Waals surface area contributed by atoms with Crippen molar-refractivity contribution in [2.24, 2.45) is 5.73 Å². The summed E-state index contributed by atoms with van der Waals surface area (Å²) >= 11 is 0. The summed E-state index contributed by atoms with van der Waals surface area (Å²) in [4.78, 5) is 28.4. The van der Waals surface area contributed by atoms with Crippen LogP contribution in [0.4, 0.5) is 5.95 Å². The van der Waals surface area contributed by atoms with Gasteiger partial charge in [0.1, 0.15) is 5.75 Å². The van der Waals surface area contributed by atoms with Gasteiger partial charge >= 0.3 is 0 Å². The number of carbonyl (C=O) groups excluding carboxylic acids is 2. The topological polar surface area (TPSA) is 111 Å². The molecule has 4 N–H and O–H groups in total. The molecule has 8 heteroatoms. The summed E-state index contributed by atoms with van der Waals surface area (Å²) in [6.45, 7) is 1.68. The summed E-state index contributed by atoms with van der Waals surface area (Å²) in [7, 11) is 1.61. The number of benzene rings is 2. The monoisotopic (exact) mass is 391 g/mol. The number of rotatable bonds is 5. The quantitative estimate of drug-likeness (QED) is 0.615. The Kier molecular flexibility index (Phi) is 4.67. The number of nitrogens with two attached hydrogens (primary N) is 1. The van der Waals surface area contributed by atoms with Gasteiger partial charge < -0.3 is 21.1 Å². The zero-order valence-corrected chi connectivity index (χ0v) is 16.1. The van der Waals surface area contributed by atoms with E-state index in [1.54, 1.807) is 19.2 Å². The van der Waals surface area contributed by atoms with Gasteiger partial charge in [0.2, 0.25) is 5.95 Å². The van der Waals surface area contributed by atoms with Crippen molar-refractivity contribution >= 4 is 28.8 Å². The molecule has 0 saturated carbocycles. The van der Waals surface area contributed by atoms with Crippen LogP contribution in [0.5, 0.6) is 5.75 Å². The number of aromatic nitrogens is 2. The lowest BCUT2D eigenvalue weighted by Gasteiger charge is -2.30. The number of primary amides is 1. The second-order valence-electron chi connectivity index (χ2n) is 6.76. The lowest BCUT2D eigenvalue weighted by atomic mass is 9.94. The molecule has 4 rings (SSSR count). The number of hydrogen-bond donors (Lipinski definition) is 3. The zero-order valence-electron chi connectivity index (χ0n) is 16.1. The highest BCUT2D eigenvalue weighted by atomic mass is 16.5. The van der Waals surface area contributed by atoms with Crippen LogP contribution in [0.25, 0.3) is 11.0 Å². The van der Waals surface area contributed by atoms with Gasteiger partial charge in [-0.05, 0) is 36.8 Å². The first-order valence-electron chi connectivity index (χ1n) is 9.17. The molecule has 0 fully saturated rings. The van der Waals surface area contributed by atoms with Gasteiger partial charge in [-0.1, -0.05) is 24.3 Å². The first-order valence-corrected chi connectivity index (χ1v) is 9.17. The number of anilines is 1. The van der Waals surface area contributed by atoms with E-state index in [-0.39, 0.29) is 18.6 Å². The van der Waals surface area contributed by atoms with E-state index < -0.39 is 5.91 Å². The van der Waals surface area contributed by atoms with Crippen molar-refractivity contribution in [1.82, 2.24) is 14.9 Å². The molecule has 0 unspecified atom stereocenters. The van der Waals surface area contributed by atoms with E-state index in [9.17, 15) is 9.59 Å². The fourth-order valence-corrected chi connectivity index (χ4v) is 3.61. The van der Waals surface area contributed by atoms with Crippen molar-refractivity contribution in [3.63, 3.8) is 0 Å². The molecule has 0 saturated heterocycles. The highest BCUT2D eigenvalue weighted by molar-refractivity contribution is 5.97. The summed E-state index contributed by atoms with van der Waals surface area (Å²) in [5.41, 5.74) is 9.13. The van der Waals surface area contributed by atoms with Crippen molar-refractivity contribution in [1.29, 1.82) is 0 Å². The summed E-state index contributed by atoms with van der Waals surface area (Å²) in [6, 6.07) is 14.7. The van der Waals surface area contributed by atoms with Gasteiger partial charge in [0, 0.05) is 12.7 Å². The number of amides is 2. The molecule has 1 atom stereocenters. The molecule has 1 aliphatic heterocycles. The fraction of sp³-hybridized carbons (Fsp3) is 0.190. The van der Waals surface area contributed by atoms with Crippen molar-refractivity contribution in [2.75, 3.05) is 19.0 Å². The molecule has 3 aromatic rings. The first-order chi connectivity index (χ1) is 14.0. The molecule has 2 amide bonds. The van der Waals surface area contributed by atoms with Crippen LogP contribution in [0.15, 0.2) is 59.8 Å². The van der Waals surface area contributed by atoms with Gasteiger partial charge in [0.05, 0.1) is 22.6 Å². The average Bonchev–Trinajstić information content (AvgIpc) is 3.09. The second-order valence-corrected chi connectivity index (χ2v) is 6.76. The summed E-state index contributed by atoms with van der Waals surface area (Å²) in [5, 5.41) is 5.99. The van der Waals surface area contributed by atoms with Crippen molar-refractivity contribution < 1.29 is 14.3 Å². The maximum absolute atomic E-state index is 12.8. The van der Waals surface area contributed by atoms with Crippen LogP contribution in [0.2, 0.25) is 0 Å². The molecule has 0 bridgehead atoms. The molecule has 1 aliphatic rings. The van der Waals surface area contributed by atoms with Gasteiger partial charge in [0.25, 0.3) is 11.8 Å². The Bertz CT molecular complexity index is 1130.